The highest BCUT2D eigenvalue weighted by Gasteiger charge is 2.68. The summed E-state index contributed by atoms with van der Waals surface area (Å²) in [6.07, 6.45) is 0. The number of aliphatic hydroxyl groups is 1. The molecule has 1 unspecified atom stereocenters. The van der Waals surface area contributed by atoms with Crippen molar-refractivity contribution in [3.63, 3.8) is 0 Å². The molecule has 0 aromatic carbocycles. The number of ether oxygens (including phenoxy) is 2. The Morgan fingerprint density at radius 1 is 1.13 bits per heavy atom. The molecule has 5 heteroatoms. The largest absolute Gasteiger partial charge is 0.468 e. The normalized spacial score (nSPS) is 33.7. The highest BCUT2D eigenvalue weighted by atomic mass is 16.5. The predicted octanol–water partition coefficient (Wildman–Crippen LogP) is -0.0345. The molecule has 1 saturated carbocycles. The van der Waals surface area contributed by atoms with Gasteiger partial charge in [0.2, 0.25) is 0 Å². The molecule has 15 heavy (non-hydrogen) atoms. The zero-order valence-corrected chi connectivity index (χ0v) is 9.31. The summed E-state index contributed by atoms with van der Waals surface area (Å²) in [6.45, 7) is 3.56. The van der Waals surface area contributed by atoms with Crippen molar-refractivity contribution in [2.45, 2.75) is 19.4 Å². The summed E-state index contributed by atoms with van der Waals surface area (Å²) in [7, 11) is 2.36. The van der Waals surface area contributed by atoms with Crippen LogP contribution in [0.15, 0.2) is 0 Å². The maximum atomic E-state index is 11.4. The maximum Gasteiger partial charge on any atom is 0.323 e. The Kier molecular flexibility index (Phi) is 3.04. The van der Waals surface area contributed by atoms with Gasteiger partial charge in [-0.1, -0.05) is 13.8 Å². The molecule has 0 bridgehead atoms. The van der Waals surface area contributed by atoms with Crippen molar-refractivity contribution in [1.82, 2.24) is 0 Å². The molecule has 0 radical (unpaired) electrons. The van der Waals surface area contributed by atoms with Crippen molar-refractivity contribution < 1.29 is 24.2 Å². The van der Waals surface area contributed by atoms with Crippen LogP contribution in [0.2, 0.25) is 0 Å². The molecule has 3 atom stereocenters. The summed E-state index contributed by atoms with van der Waals surface area (Å²) in [6, 6.07) is 0. The van der Waals surface area contributed by atoms with Gasteiger partial charge in [-0.15, -0.1) is 0 Å². The lowest BCUT2D eigenvalue weighted by molar-refractivity contribution is -0.166. The van der Waals surface area contributed by atoms with Crippen LogP contribution >= 0.6 is 0 Å². The Bertz CT molecular complexity index is 262. The monoisotopic (exact) mass is 216 g/mol. The Balaban J connectivity index is 2.93. The number of hydrogen-bond acceptors (Lipinski definition) is 5. The molecule has 0 heterocycles. The molecule has 1 N–H and O–H groups in total. The van der Waals surface area contributed by atoms with Crippen LogP contribution in [0.5, 0.6) is 0 Å². The van der Waals surface area contributed by atoms with Gasteiger partial charge in [0.25, 0.3) is 0 Å². The first-order valence-corrected chi connectivity index (χ1v) is 4.79. The van der Waals surface area contributed by atoms with Gasteiger partial charge in [0.15, 0.2) is 5.92 Å². The van der Waals surface area contributed by atoms with Crippen LogP contribution in [0.1, 0.15) is 13.8 Å². The van der Waals surface area contributed by atoms with E-state index in [0.29, 0.717) is 0 Å². The molecule has 5 nitrogen and oxygen atoms in total. The standard InChI is InChI=1S/C10H16O5/c1-5-6(2)10(5,13)7(8(11)14-3)9(12)15-4/h5-7,13H,1-4H3/t5-,6+,10?. The van der Waals surface area contributed by atoms with E-state index in [0.717, 1.165) is 0 Å². The molecule has 0 aromatic rings. The fourth-order valence-electron chi connectivity index (χ4n) is 2.02. The van der Waals surface area contributed by atoms with Crippen molar-refractivity contribution in [3.05, 3.63) is 0 Å². The first kappa shape index (κ1) is 12.0. The highest BCUT2D eigenvalue weighted by Crippen LogP contribution is 2.55. The average molecular weight is 216 g/mol. The quantitative estimate of drug-likeness (QED) is 0.529. The van der Waals surface area contributed by atoms with E-state index >= 15 is 0 Å². The van der Waals surface area contributed by atoms with Crippen molar-refractivity contribution >= 4 is 11.9 Å². The van der Waals surface area contributed by atoms with E-state index in [1.165, 1.54) is 14.2 Å². The Hall–Kier alpha value is -1.10. The van der Waals surface area contributed by atoms with Crippen molar-refractivity contribution in [1.29, 1.82) is 0 Å². The summed E-state index contributed by atoms with van der Waals surface area (Å²) in [5.41, 5.74) is -1.32. The van der Waals surface area contributed by atoms with E-state index in [1.807, 2.05) is 0 Å². The smallest absolute Gasteiger partial charge is 0.323 e. The third-order valence-electron chi connectivity index (χ3n) is 3.44. The Morgan fingerprint density at radius 3 is 1.67 bits per heavy atom. The average Bonchev–Trinajstić information content (AvgIpc) is 2.70. The SMILES string of the molecule is COC(=O)C(C(=O)OC)C1(O)[C@H](C)[C@@H]1C. The summed E-state index contributed by atoms with van der Waals surface area (Å²) in [5.74, 6) is -2.96. The molecular weight excluding hydrogens is 200 g/mol. The molecule has 1 aliphatic carbocycles. The number of methoxy groups -OCH3 is 2. The topological polar surface area (TPSA) is 72.8 Å². The van der Waals surface area contributed by atoms with Crippen LogP contribution in [0.4, 0.5) is 0 Å². The molecule has 0 spiro atoms. The zero-order chi connectivity index (χ0) is 11.8. The number of carbonyl (C=O) groups excluding carboxylic acids is 2. The second kappa shape index (κ2) is 3.81. The van der Waals surface area contributed by atoms with Gasteiger partial charge < -0.3 is 14.6 Å². The maximum absolute atomic E-state index is 11.4. The molecule has 1 aliphatic rings. The second-order valence-electron chi connectivity index (χ2n) is 3.94. The van der Waals surface area contributed by atoms with Crippen molar-refractivity contribution in [3.8, 4) is 0 Å². The van der Waals surface area contributed by atoms with Crippen LogP contribution in [0.3, 0.4) is 0 Å². The van der Waals surface area contributed by atoms with E-state index in [1.54, 1.807) is 13.8 Å². The number of esters is 2. The lowest BCUT2D eigenvalue weighted by Crippen LogP contribution is -2.40. The van der Waals surface area contributed by atoms with Gasteiger partial charge in [-0.3, -0.25) is 9.59 Å². The highest BCUT2D eigenvalue weighted by molar-refractivity contribution is 5.97. The van der Waals surface area contributed by atoms with Crippen molar-refractivity contribution in [2.75, 3.05) is 14.2 Å². The van der Waals surface area contributed by atoms with Crippen LogP contribution in [0.25, 0.3) is 0 Å². The fourth-order valence-corrected chi connectivity index (χ4v) is 2.02. The summed E-state index contributed by atoms with van der Waals surface area (Å²) < 4.78 is 9.00. The minimum Gasteiger partial charge on any atom is -0.468 e. The van der Waals surface area contributed by atoms with Gasteiger partial charge in [0.1, 0.15) is 0 Å². The molecule has 86 valence electrons. The van der Waals surface area contributed by atoms with E-state index in [9.17, 15) is 14.7 Å². The summed E-state index contributed by atoms with van der Waals surface area (Å²) in [4.78, 5) is 22.8. The molecular formula is C10H16O5. The van der Waals surface area contributed by atoms with E-state index in [4.69, 9.17) is 0 Å². The van der Waals surface area contributed by atoms with Gasteiger partial charge >= 0.3 is 11.9 Å². The van der Waals surface area contributed by atoms with Gasteiger partial charge in [-0.05, 0) is 11.8 Å². The first-order chi connectivity index (χ1) is 6.91. The van der Waals surface area contributed by atoms with E-state index < -0.39 is 23.5 Å². The molecule has 0 aliphatic heterocycles. The molecule has 1 fully saturated rings. The fraction of sp³-hybridized carbons (Fsp3) is 0.800. The van der Waals surface area contributed by atoms with Crippen LogP contribution < -0.4 is 0 Å². The Labute approximate surface area is 88.4 Å². The zero-order valence-electron chi connectivity index (χ0n) is 9.31. The van der Waals surface area contributed by atoms with Gasteiger partial charge in [0, 0.05) is 0 Å². The molecule has 0 aromatic heterocycles. The lowest BCUT2D eigenvalue weighted by atomic mass is 9.97. The summed E-state index contributed by atoms with van der Waals surface area (Å²) in [5, 5.41) is 10.1. The predicted molar refractivity (Wildman–Crippen MR) is 50.8 cm³/mol. The van der Waals surface area contributed by atoms with Crippen LogP contribution in [0, 0.1) is 17.8 Å². The van der Waals surface area contributed by atoms with Gasteiger partial charge in [-0.2, -0.15) is 0 Å². The number of hydrogen-bond donors (Lipinski definition) is 1. The summed E-state index contributed by atoms with van der Waals surface area (Å²) >= 11 is 0. The lowest BCUT2D eigenvalue weighted by Gasteiger charge is -2.19. The van der Waals surface area contributed by atoms with Crippen molar-refractivity contribution in [2.24, 2.45) is 17.8 Å². The molecule has 1 rings (SSSR count). The third-order valence-corrected chi connectivity index (χ3v) is 3.44. The van der Waals surface area contributed by atoms with Crippen LogP contribution in [-0.2, 0) is 19.1 Å². The van der Waals surface area contributed by atoms with Gasteiger partial charge in [-0.25, -0.2) is 0 Å². The van der Waals surface area contributed by atoms with E-state index in [-0.39, 0.29) is 11.8 Å². The minimum absolute atomic E-state index is 0.110. The second-order valence-corrected chi connectivity index (χ2v) is 3.94. The van der Waals surface area contributed by atoms with Gasteiger partial charge in [0.05, 0.1) is 19.8 Å². The third kappa shape index (κ3) is 1.61. The van der Waals surface area contributed by atoms with Crippen LogP contribution in [-0.4, -0.2) is 36.9 Å². The minimum atomic E-state index is -1.32. The molecule has 0 amide bonds. The first-order valence-electron chi connectivity index (χ1n) is 4.79. The number of carbonyl (C=O) groups is 2. The van der Waals surface area contributed by atoms with E-state index in [2.05, 4.69) is 9.47 Å². The number of rotatable bonds is 3. The molecule has 0 saturated heterocycles. The Morgan fingerprint density at radius 2 is 1.47 bits per heavy atom.